The minimum absolute atomic E-state index is 0.0475. The maximum atomic E-state index is 12.9. The van der Waals surface area contributed by atoms with Gasteiger partial charge >= 0.3 is 0 Å². The number of nitrogens with one attached hydrogen (secondary N) is 2. The molecule has 0 radical (unpaired) electrons. The van der Waals surface area contributed by atoms with Crippen molar-refractivity contribution in [1.29, 1.82) is 0 Å². The lowest BCUT2D eigenvalue weighted by Crippen LogP contribution is -2.30. The van der Waals surface area contributed by atoms with E-state index in [-0.39, 0.29) is 15.6 Å². The van der Waals surface area contributed by atoms with Crippen LogP contribution in [0, 0.1) is 5.82 Å². The third-order valence-electron chi connectivity index (χ3n) is 3.88. The predicted molar refractivity (Wildman–Crippen MR) is 92.6 cm³/mol. The minimum Gasteiger partial charge on any atom is -0.292 e. The fourth-order valence-electron chi connectivity index (χ4n) is 2.48. The fourth-order valence-corrected chi connectivity index (χ4v) is 4.79. The first-order chi connectivity index (χ1) is 12.3. The zero-order chi connectivity index (χ0) is 18.8. The first-order valence-electron chi connectivity index (χ1n) is 7.79. The lowest BCUT2D eigenvalue weighted by molar-refractivity contribution is 0.477. The molecule has 0 aliphatic carbocycles. The van der Waals surface area contributed by atoms with Crippen molar-refractivity contribution in [1.82, 2.24) is 14.1 Å². The van der Waals surface area contributed by atoms with Gasteiger partial charge in [0.05, 0.1) is 4.90 Å². The molecule has 26 heavy (non-hydrogen) atoms. The molecule has 2 heterocycles. The van der Waals surface area contributed by atoms with Gasteiger partial charge in [-0.15, -0.1) is 4.83 Å². The van der Waals surface area contributed by atoms with Crippen LogP contribution in [0.1, 0.15) is 12.8 Å². The number of anilines is 1. The molecule has 1 saturated heterocycles. The topological polar surface area (TPSA) is 108 Å². The van der Waals surface area contributed by atoms with Crippen LogP contribution < -0.4 is 10.3 Å². The van der Waals surface area contributed by atoms with E-state index in [2.05, 4.69) is 15.2 Å². The molecule has 1 fully saturated rings. The Labute approximate surface area is 151 Å². The van der Waals surface area contributed by atoms with E-state index >= 15 is 0 Å². The second-order valence-corrected chi connectivity index (χ2v) is 9.30. The van der Waals surface area contributed by atoms with Crippen LogP contribution in [-0.4, -0.2) is 39.2 Å². The summed E-state index contributed by atoms with van der Waals surface area (Å²) < 4.78 is 63.3. The van der Waals surface area contributed by atoms with Gasteiger partial charge in [0.25, 0.3) is 10.0 Å². The van der Waals surface area contributed by atoms with Gasteiger partial charge in [-0.05, 0) is 49.2 Å². The molecule has 0 amide bonds. The number of sulfonamides is 2. The van der Waals surface area contributed by atoms with Crippen molar-refractivity contribution in [2.75, 3.05) is 18.5 Å². The summed E-state index contributed by atoms with van der Waals surface area (Å²) >= 11 is 0. The van der Waals surface area contributed by atoms with Crippen LogP contribution in [0.15, 0.2) is 52.4 Å². The molecule has 0 bridgehead atoms. The van der Waals surface area contributed by atoms with Gasteiger partial charge in [0.15, 0.2) is 0 Å². The SMILES string of the molecule is O=S(=O)(NNc1ccc(S(=O)(=O)N2CCCC2)cn1)c1ccc(F)cc1. The highest BCUT2D eigenvalue weighted by Gasteiger charge is 2.27. The van der Waals surface area contributed by atoms with Crippen molar-refractivity contribution in [3.63, 3.8) is 0 Å². The molecule has 140 valence electrons. The molecule has 8 nitrogen and oxygen atoms in total. The number of pyridine rings is 1. The Balaban J connectivity index is 1.69. The normalized spacial score (nSPS) is 15.9. The average Bonchev–Trinajstić information content (AvgIpc) is 3.16. The van der Waals surface area contributed by atoms with E-state index in [1.54, 1.807) is 0 Å². The van der Waals surface area contributed by atoms with Crippen LogP contribution in [0.25, 0.3) is 0 Å². The smallest absolute Gasteiger partial charge is 0.257 e. The van der Waals surface area contributed by atoms with E-state index in [1.807, 2.05) is 0 Å². The van der Waals surface area contributed by atoms with Crippen molar-refractivity contribution in [3.8, 4) is 0 Å². The van der Waals surface area contributed by atoms with Gasteiger partial charge in [-0.2, -0.15) is 4.31 Å². The van der Waals surface area contributed by atoms with Crippen molar-refractivity contribution in [3.05, 3.63) is 48.4 Å². The van der Waals surface area contributed by atoms with Crippen LogP contribution in [0.3, 0.4) is 0 Å². The van der Waals surface area contributed by atoms with Gasteiger partial charge in [-0.3, -0.25) is 5.43 Å². The lowest BCUT2D eigenvalue weighted by Gasteiger charge is -2.15. The summed E-state index contributed by atoms with van der Waals surface area (Å²) in [4.78, 5) is 5.95. The van der Waals surface area contributed by atoms with Gasteiger partial charge < -0.3 is 0 Å². The second kappa shape index (κ2) is 7.27. The fraction of sp³-hybridized carbons (Fsp3) is 0.267. The standard InChI is InChI=1S/C15H17FN4O4S2/c16-12-3-5-13(6-4-12)25(21,22)19-18-15-8-7-14(11-17-15)26(23,24)20-9-1-2-10-20/h3-8,11,19H,1-2,9-10H2,(H,17,18). The monoisotopic (exact) mass is 400 g/mol. The van der Waals surface area contributed by atoms with Crippen LogP contribution in [0.4, 0.5) is 10.2 Å². The van der Waals surface area contributed by atoms with Crippen molar-refractivity contribution < 1.29 is 21.2 Å². The first-order valence-corrected chi connectivity index (χ1v) is 10.7. The molecule has 2 aromatic rings. The molecule has 1 aliphatic rings. The van der Waals surface area contributed by atoms with Crippen LogP contribution in [0.2, 0.25) is 0 Å². The first kappa shape index (κ1) is 18.7. The van der Waals surface area contributed by atoms with Gasteiger partial charge in [0.2, 0.25) is 10.0 Å². The quantitative estimate of drug-likeness (QED) is 0.708. The largest absolute Gasteiger partial charge is 0.292 e. The number of nitrogens with zero attached hydrogens (tertiary/aromatic N) is 2. The highest BCUT2D eigenvalue weighted by molar-refractivity contribution is 7.89. The van der Waals surface area contributed by atoms with Crippen LogP contribution >= 0.6 is 0 Å². The Morgan fingerprint density at radius 2 is 1.54 bits per heavy atom. The predicted octanol–water partition coefficient (Wildman–Crippen LogP) is 1.31. The van der Waals surface area contributed by atoms with Gasteiger partial charge in [0.1, 0.15) is 16.5 Å². The van der Waals surface area contributed by atoms with Gasteiger partial charge in [0, 0.05) is 19.3 Å². The summed E-state index contributed by atoms with van der Waals surface area (Å²) in [6.07, 6.45) is 2.83. The summed E-state index contributed by atoms with van der Waals surface area (Å²) in [5, 5.41) is 0. The van der Waals surface area contributed by atoms with E-state index in [0.29, 0.717) is 13.1 Å². The van der Waals surface area contributed by atoms with Gasteiger partial charge in [-0.25, -0.2) is 26.2 Å². The molecule has 0 unspecified atom stereocenters. The van der Waals surface area contributed by atoms with Crippen LogP contribution in [-0.2, 0) is 20.0 Å². The third-order valence-corrected chi connectivity index (χ3v) is 7.02. The molecule has 1 aliphatic heterocycles. The number of rotatable bonds is 6. The third kappa shape index (κ3) is 4.01. The van der Waals surface area contributed by atoms with E-state index in [9.17, 15) is 21.2 Å². The Bertz CT molecular complexity index is 971. The van der Waals surface area contributed by atoms with Crippen LogP contribution in [0.5, 0.6) is 0 Å². The zero-order valence-corrected chi connectivity index (χ0v) is 15.2. The van der Waals surface area contributed by atoms with E-state index in [1.165, 1.54) is 22.6 Å². The number of hydrogen-bond donors (Lipinski definition) is 2. The molecule has 1 aromatic heterocycles. The number of halogens is 1. The Hall–Kier alpha value is -2.08. The number of aromatic nitrogens is 1. The molecule has 3 rings (SSSR count). The Morgan fingerprint density at radius 1 is 0.923 bits per heavy atom. The zero-order valence-electron chi connectivity index (χ0n) is 13.6. The molecule has 1 aromatic carbocycles. The Kier molecular flexibility index (Phi) is 5.23. The Morgan fingerprint density at radius 3 is 2.12 bits per heavy atom. The summed E-state index contributed by atoms with van der Waals surface area (Å²) in [5.41, 5.74) is 2.39. The molecule has 0 atom stereocenters. The van der Waals surface area contributed by atoms with Crippen molar-refractivity contribution >= 4 is 25.9 Å². The highest BCUT2D eigenvalue weighted by Crippen LogP contribution is 2.20. The van der Waals surface area contributed by atoms with Gasteiger partial charge in [-0.1, -0.05) is 0 Å². The average molecular weight is 400 g/mol. The molecule has 11 heteroatoms. The molecule has 2 N–H and O–H groups in total. The number of hydrogen-bond acceptors (Lipinski definition) is 6. The summed E-state index contributed by atoms with van der Waals surface area (Å²) in [6, 6.07) is 7.03. The van der Waals surface area contributed by atoms with E-state index in [4.69, 9.17) is 0 Å². The molecule has 0 spiro atoms. The maximum absolute atomic E-state index is 12.9. The van der Waals surface area contributed by atoms with E-state index in [0.717, 1.165) is 37.1 Å². The molecular formula is C15H17FN4O4S2. The second-order valence-electron chi connectivity index (χ2n) is 5.67. The van der Waals surface area contributed by atoms with E-state index < -0.39 is 25.9 Å². The highest BCUT2D eigenvalue weighted by atomic mass is 32.2. The molecule has 0 saturated carbocycles. The van der Waals surface area contributed by atoms with Crippen molar-refractivity contribution in [2.45, 2.75) is 22.6 Å². The lowest BCUT2D eigenvalue weighted by atomic mass is 10.4. The summed E-state index contributed by atoms with van der Waals surface area (Å²) in [7, 11) is -7.50. The minimum atomic E-state index is -3.92. The summed E-state index contributed by atoms with van der Waals surface area (Å²) in [5.74, 6) is -0.426. The molecular weight excluding hydrogens is 383 g/mol. The number of hydrazine groups is 1. The van der Waals surface area contributed by atoms with Crippen molar-refractivity contribution in [2.24, 2.45) is 0 Å². The maximum Gasteiger partial charge on any atom is 0.257 e. The summed E-state index contributed by atoms with van der Waals surface area (Å²) in [6.45, 7) is 0.972. The number of benzene rings is 1.